The van der Waals surface area contributed by atoms with E-state index in [1.807, 2.05) is 24.0 Å². The molecule has 0 spiro atoms. The molecule has 0 N–H and O–H groups in total. The average Bonchev–Trinajstić information content (AvgIpc) is 3.39. The maximum atomic E-state index is 13.5. The fourth-order valence-electron chi connectivity index (χ4n) is 4.50. The van der Waals surface area contributed by atoms with Crippen LogP contribution in [-0.2, 0) is 11.2 Å². The van der Waals surface area contributed by atoms with Crippen LogP contribution in [0.25, 0.3) is 0 Å². The molecule has 6 nitrogen and oxygen atoms in total. The number of rotatable bonds is 9. The lowest BCUT2D eigenvalue weighted by molar-refractivity contribution is -0.135. The van der Waals surface area contributed by atoms with Gasteiger partial charge in [0, 0.05) is 23.5 Å². The largest absolute Gasteiger partial charge is 0.497 e. The molecular formula is C29H34N2O4S. The molecule has 7 heteroatoms. The van der Waals surface area contributed by atoms with Gasteiger partial charge >= 0.3 is 0 Å². The Morgan fingerprint density at radius 2 is 1.75 bits per heavy atom. The summed E-state index contributed by atoms with van der Waals surface area (Å²) in [4.78, 5) is 31.4. The van der Waals surface area contributed by atoms with Crippen LogP contribution >= 0.6 is 11.3 Å². The summed E-state index contributed by atoms with van der Waals surface area (Å²) in [6.45, 7) is 7.67. The highest BCUT2D eigenvalue weighted by atomic mass is 32.1. The van der Waals surface area contributed by atoms with Crippen molar-refractivity contribution in [3.8, 4) is 11.5 Å². The number of fused-ring (bicyclic) bond motifs is 1. The van der Waals surface area contributed by atoms with E-state index in [1.54, 1.807) is 47.6 Å². The molecular weight excluding hydrogens is 472 g/mol. The van der Waals surface area contributed by atoms with Crippen LogP contribution in [-0.4, -0.2) is 55.0 Å². The summed E-state index contributed by atoms with van der Waals surface area (Å²) in [6, 6.07) is 17.0. The summed E-state index contributed by atoms with van der Waals surface area (Å²) in [7, 11) is 1.59. The van der Waals surface area contributed by atoms with Gasteiger partial charge in [-0.3, -0.25) is 9.59 Å². The standard InChI is InChI=1S/C29H34N2O4S/c1-5-30(29(33)22-8-10-23(34-4)11-9-22)18-28(32)31-16-14-27-25(15-17-36-27)26(31)19-35-24-12-6-21(7-13-24)20(2)3/h6-13,15,17,20,26H,5,14,16,18-19H2,1-4H3. The summed E-state index contributed by atoms with van der Waals surface area (Å²) in [5, 5.41) is 2.08. The fraction of sp³-hybridized carbons (Fsp3) is 0.379. The highest BCUT2D eigenvalue weighted by Gasteiger charge is 2.33. The van der Waals surface area contributed by atoms with Crippen molar-refractivity contribution in [2.24, 2.45) is 0 Å². The predicted molar refractivity (Wildman–Crippen MR) is 143 cm³/mol. The zero-order chi connectivity index (χ0) is 25.7. The Kier molecular flexibility index (Phi) is 8.31. The normalized spacial score (nSPS) is 14.9. The minimum atomic E-state index is -0.188. The first kappa shape index (κ1) is 25.8. The molecule has 2 heterocycles. The molecule has 0 aliphatic carbocycles. The lowest BCUT2D eigenvalue weighted by atomic mass is 10.00. The molecule has 36 heavy (non-hydrogen) atoms. The number of hydrogen-bond donors (Lipinski definition) is 0. The van der Waals surface area contributed by atoms with E-state index in [9.17, 15) is 9.59 Å². The molecule has 1 aliphatic heterocycles. The Morgan fingerprint density at radius 1 is 1.06 bits per heavy atom. The van der Waals surface area contributed by atoms with Crippen LogP contribution in [0.4, 0.5) is 0 Å². The summed E-state index contributed by atoms with van der Waals surface area (Å²) < 4.78 is 11.4. The molecule has 1 aliphatic rings. The van der Waals surface area contributed by atoms with Gasteiger partial charge in [0.25, 0.3) is 5.91 Å². The first-order valence-electron chi connectivity index (χ1n) is 12.4. The quantitative estimate of drug-likeness (QED) is 0.382. The lowest BCUT2D eigenvalue weighted by Crippen LogP contribution is -2.47. The number of hydrogen-bond acceptors (Lipinski definition) is 5. The number of ether oxygens (including phenoxy) is 2. The molecule has 0 fully saturated rings. The zero-order valence-corrected chi connectivity index (χ0v) is 22.2. The Balaban J connectivity index is 1.47. The second-order valence-corrected chi connectivity index (χ2v) is 10.2. The molecule has 0 radical (unpaired) electrons. The molecule has 190 valence electrons. The van der Waals surface area contributed by atoms with Crippen LogP contribution in [0.1, 0.15) is 59.1 Å². The van der Waals surface area contributed by atoms with Crippen LogP contribution < -0.4 is 9.47 Å². The first-order valence-corrected chi connectivity index (χ1v) is 13.3. The topological polar surface area (TPSA) is 59.1 Å². The van der Waals surface area contributed by atoms with Gasteiger partial charge in [-0.1, -0.05) is 26.0 Å². The van der Waals surface area contributed by atoms with E-state index >= 15 is 0 Å². The van der Waals surface area contributed by atoms with Crippen molar-refractivity contribution in [3.05, 3.63) is 81.5 Å². The van der Waals surface area contributed by atoms with E-state index in [4.69, 9.17) is 9.47 Å². The van der Waals surface area contributed by atoms with Gasteiger partial charge in [-0.2, -0.15) is 0 Å². The van der Waals surface area contributed by atoms with Crippen LogP contribution in [0.5, 0.6) is 11.5 Å². The average molecular weight is 507 g/mol. The monoisotopic (exact) mass is 506 g/mol. The van der Waals surface area contributed by atoms with Gasteiger partial charge in [-0.15, -0.1) is 11.3 Å². The van der Waals surface area contributed by atoms with Gasteiger partial charge in [0.05, 0.1) is 13.2 Å². The molecule has 0 saturated carbocycles. The second-order valence-electron chi connectivity index (χ2n) is 9.23. The molecule has 2 amide bonds. The Bertz CT molecular complexity index is 1170. The van der Waals surface area contributed by atoms with Crippen LogP contribution in [0, 0.1) is 0 Å². The summed E-state index contributed by atoms with van der Waals surface area (Å²) >= 11 is 1.72. The zero-order valence-electron chi connectivity index (χ0n) is 21.4. The maximum Gasteiger partial charge on any atom is 0.254 e. The van der Waals surface area contributed by atoms with E-state index in [1.165, 1.54) is 10.4 Å². The van der Waals surface area contributed by atoms with Gasteiger partial charge in [-0.05, 0) is 78.2 Å². The highest BCUT2D eigenvalue weighted by molar-refractivity contribution is 7.10. The predicted octanol–water partition coefficient (Wildman–Crippen LogP) is 5.55. The molecule has 1 atom stereocenters. The number of amides is 2. The number of benzene rings is 2. The number of nitrogens with zero attached hydrogens (tertiary/aromatic N) is 2. The van der Waals surface area contributed by atoms with E-state index in [0.717, 1.165) is 17.7 Å². The van der Waals surface area contributed by atoms with Crippen molar-refractivity contribution in [3.63, 3.8) is 0 Å². The molecule has 0 bridgehead atoms. The van der Waals surface area contributed by atoms with Crippen molar-refractivity contribution < 1.29 is 19.1 Å². The SMILES string of the molecule is CCN(CC(=O)N1CCc2sccc2C1COc1ccc(C(C)C)cc1)C(=O)c1ccc(OC)cc1. The number of carbonyl (C=O) groups is 2. The van der Waals surface area contributed by atoms with Crippen LogP contribution in [0.15, 0.2) is 60.0 Å². The molecule has 3 aromatic rings. The third kappa shape index (κ3) is 5.73. The maximum absolute atomic E-state index is 13.5. The van der Waals surface area contributed by atoms with E-state index < -0.39 is 0 Å². The van der Waals surface area contributed by atoms with E-state index in [0.29, 0.717) is 36.9 Å². The van der Waals surface area contributed by atoms with Crippen molar-refractivity contribution >= 4 is 23.2 Å². The van der Waals surface area contributed by atoms with Gasteiger partial charge < -0.3 is 19.3 Å². The number of likely N-dealkylation sites (N-methyl/N-ethyl adjacent to an activating group) is 1. The lowest BCUT2D eigenvalue weighted by Gasteiger charge is -2.37. The number of thiophene rings is 1. The molecule has 1 aromatic heterocycles. The minimum Gasteiger partial charge on any atom is -0.497 e. The molecule has 2 aromatic carbocycles. The van der Waals surface area contributed by atoms with Gasteiger partial charge in [0.15, 0.2) is 0 Å². The number of carbonyl (C=O) groups excluding carboxylic acids is 2. The second kappa shape index (κ2) is 11.6. The van der Waals surface area contributed by atoms with E-state index in [2.05, 4.69) is 37.4 Å². The Labute approximate surface area is 217 Å². The first-order chi connectivity index (χ1) is 17.4. The highest BCUT2D eigenvalue weighted by Crippen LogP contribution is 2.34. The van der Waals surface area contributed by atoms with Crippen molar-refractivity contribution in [1.29, 1.82) is 0 Å². The van der Waals surface area contributed by atoms with Crippen LogP contribution in [0.2, 0.25) is 0 Å². The molecule has 0 saturated heterocycles. The smallest absolute Gasteiger partial charge is 0.254 e. The Hall–Kier alpha value is -3.32. The Morgan fingerprint density at radius 3 is 2.39 bits per heavy atom. The third-order valence-electron chi connectivity index (χ3n) is 6.70. The van der Waals surface area contributed by atoms with Crippen molar-refractivity contribution in [2.75, 3.05) is 33.4 Å². The van der Waals surface area contributed by atoms with Gasteiger partial charge in [0.2, 0.25) is 5.91 Å². The van der Waals surface area contributed by atoms with Gasteiger partial charge in [-0.25, -0.2) is 0 Å². The summed E-state index contributed by atoms with van der Waals surface area (Å²) in [6.07, 6.45) is 0.816. The van der Waals surface area contributed by atoms with Crippen molar-refractivity contribution in [2.45, 2.75) is 39.2 Å². The van der Waals surface area contributed by atoms with Crippen LogP contribution in [0.3, 0.4) is 0 Å². The van der Waals surface area contributed by atoms with Gasteiger partial charge in [0.1, 0.15) is 24.7 Å². The summed E-state index contributed by atoms with van der Waals surface area (Å²) in [5.74, 6) is 1.70. The summed E-state index contributed by atoms with van der Waals surface area (Å²) in [5.41, 5.74) is 2.94. The molecule has 4 rings (SSSR count). The fourth-order valence-corrected chi connectivity index (χ4v) is 5.42. The minimum absolute atomic E-state index is 0.0282. The third-order valence-corrected chi connectivity index (χ3v) is 7.70. The van der Waals surface area contributed by atoms with Crippen molar-refractivity contribution in [1.82, 2.24) is 9.80 Å². The van der Waals surface area contributed by atoms with E-state index in [-0.39, 0.29) is 24.4 Å². The number of methoxy groups -OCH3 is 1. The molecule has 1 unspecified atom stereocenters.